The minimum Gasteiger partial charge on any atom is -0.253 e. The van der Waals surface area contributed by atoms with E-state index >= 15 is 0 Å². The Morgan fingerprint density at radius 2 is 1.81 bits per heavy atom. The Morgan fingerprint density at radius 1 is 1.12 bits per heavy atom. The lowest BCUT2D eigenvalue weighted by Crippen LogP contribution is -2.10. The molecule has 0 saturated heterocycles. The third-order valence-corrected chi connectivity index (χ3v) is 2.65. The molecule has 0 aliphatic rings. The predicted octanol–water partition coefficient (Wildman–Crippen LogP) is 4.13. The second-order valence-electron chi connectivity index (χ2n) is 5.68. The van der Waals surface area contributed by atoms with Crippen molar-refractivity contribution in [1.82, 2.24) is 4.98 Å². The van der Waals surface area contributed by atoms with Crippen molar-refractivity contribution >= 4 is 10.9 Å². The zero-order chi connectivity index (χ0) is 11.8. The van der Waals surface area contributed by atoms with Gasteiger partial charge in [-0.1, -0.05) is 39.0 Å². The smallest absolute Gasteiger partial charge is 0.0707 e. The fourth-order valence-corrected chi connectivity index (χ4v) is 2.11. The van der Waals surface area contributed by atoms with Crippen molar-refractivity contribution in [2.24, 2.45) is 5.41 Å². The molecule has 1 aromatic carbocycles. The third kappa shape index (κ3) is 2.41. The molecule has 2 rings (SSSR count). The second kappa shape index (κ2) is 3.89. The van der Waals surface area contributed by atoms with Crippen molar-refractivity contribution in [3.05, 3.63) is 41.6 Å². The van der Waals surface area contributed by atoms with Crippen LogP contribution in [0, 0.1) is 12.3 Å². The van der Waals surface area contributed by atoms with Gasteiger partial charge in [-0.15, -0.1) is 0 Å². The van der Waals surface area contributed by atoms with Crippen molar-refractivity contribution < 1.29 is 0 Å². The molecule has 0 spiro atoms. The fourth-order valence-electron chi connectivity index (χ4n) is 2.11. The molecule has 1 aromatic heterocycles. The molecule has 0 aliphatic heterocycles. The summed E-state index contributed by atoms with van der Waals surface area (Å²) in [4.78, 5) is 4.57. The lowest BCUT2D eigenvalue weighted by molar-refractivity contribution is 0.412. The van der Waals surface area contributed by atoms with Crippen molar-refractivity contribution in [1.29, 1.82) is 0 Å². The average molecular weight is 213 g/mol. The molecule has 0 radical (unpaired) electrons. The minimum atomic E-state index is 0.316. The van der Waals surface area contributed by atoms with Gasteiger partial charge in [0.2, 0.25) is 0 Å². The summed E-state index contributed by atoms with van der Waals surface area (Å²) in [6, 6.07) is 10.6. The lowest BCUT2D eigenvalue weighted by atomic mass is 9.86. The van der Waals surface area contributed by atoms with Crippen LogP contribution in [0.25, 0.3) is 10.9 Å². The largest absolute Gasteiger partial charge is 0.253 e. The van der Waals surface area contributed by atoms with E-state index < -0.39 is 0 Å². The molecule has 0 fully saturated rings. The number of aryl methyl sites for hydroxylation is 1. The maximum absolute atomic E-state index is 4.57. The number of aromatic nitrogens is 1. The standard InChI is InChI=1S/C15H19N/c1-11-9-12(10-15(2,3)4)13-7-5-6-8-14(13)16-11/h5-9H,10H2,1-4H3. The molecule has 0 amide bonds. The maximum Gasteiger partial charge on any atom is 0.0707 e. The second-order valence-corrected chi connectivity index (χ2v) is 5.68. The van der Waals surface area contributed by atoms with Gasteiger partial charge in [0.1, 0.15) is 0 Å². The number of para-hydroxylation sites is 1. The topological polar surface area (TPSA) is 12.9 Å². The number of fused-ring (bicyclic) bond motifs is 1. The van der Waals surface area contributed by atoms with Gasteiger partial charge >= 0.3 is 0 Å². The van der Waals surface area contributed by atoms with E-state index in [2.05, 4.69) is 63.0 Å². The van der Waals surface area contributed by atoms with Gasteiger partial charge in [0.15, 0.2) is 0 Å². The lowest BCUT2D eigenvalue weighted by Gasteiger charge is -2.19. The Bertz CT molecular complexity index is 506. The van der Waals surface area contributed by atoms with Gasteiger partial charge in [0.25, 0.3) is 0 Å². The highest BCUT2D eigenvalue weighted by atomic mass is 14.7. The van der Waals surface area contributed by atoms with Gasteiger partial charge in [-0.3, -0.25) is 4.98 Å². The van der Waals surface area contributed by atoms with Crippen LogP contribution in [0.15, 0.2) is 30.3 Å². The summed E-state index contributed by atoms with van der Waals surface area (Å²) in [5.41, 5.74) is 3.95. The van der Waals surface area contributed by atoms with E-state index in [0.717, 1.165) is 17.6 Å². The average Bonchev–Trinajstić information content (AvgIpc) is 2.14. The van der Waals surface area contributed by atoms with Crippen LogP contribution in [-0.2, 0) is 6.42 Å². The Hall–Kier alpha value is -1.37. The number of benzene rings is 1. The highest BCUT2D eigenvalue weighted by Crippen LogP contribution is 2.26. The van der Waals surface area contributed by atoms with Crippen LogP contribution < -0.4 is 0 Å². The Balaban J connectivity index is 2.59. The number of pyridine rings is 1. The van der Waals surface area contributed by atoms with E-state index in [1.165, 1.54) is 10.9 Å². The molecule has 1 heteroatoms. The van der Waals surface area contributed by atoms with E-state index in [1.807, 2.05) is 0 Å². The van der Waals surface area contributed by atoms with Gasteiger partial charge in [0, 0.05) is 11.1 Å². The summed E-state index contributed by atoms with van der Waals surface area (Å²) in [5, 5.41) is 1.29. The highest BCUT2D eigenvalue weighted by Gasteiger charge is 2.13. The van der Waals surface area contributed by atoms with Crippen LogP contribution in [0.4, 0.5) is 0 Å². The van der Waals surface area contributed by atoms with Crippen LogP contribution in [-0.4, -0.2) is 4.98 Å². The van der Waals surface area contributed by atoms with E-state index in [0.29, 0.717) is 5.41 Å². The molecule has 0 bridgehead atoms. The predicted molar refractivity (Wildman–Crippen MR) is 69.6 cm³/mol. The normalized spacial score (nSPS) is 12.0. The highest BCUT2D eigenvalue weighted by molar-refractivity contribution is 5.82. The Labute approximate surface area is 97.5 Å². The van der Waals surface area contributed by atoms with Gasteiger partial charge in [-0.25, -0.2) is 0 Å². The van der Waals surface area contributed by atoms with Crippen molar-refractivity contribution in [3.8, 4) is 0 Å². The van der Waals surface area contributed by atoms with Gasteiger partial charge in [-0.05, 0) is 36.5 Å². The van der Waals surface area contributed by atoms with Gasteiger partial charge in [0.05, 0.1) is 5.52 Å². The zero-order valence-corrected chi connectivity index (χ0v) is 10.5. The zero-order valence-electron chi connectivity index (χ0n) is 10.5. The van der Waals surface area contributed by atoms with Crippen molar-refractivity contribution in [2.75, 3.05) is 0 Å². The molecule has 0 saturated carbocycles. The molecule has 0 atom stereocenters. The number of hydrogen-bond acceptors (Lipinski definition) is 1. The van der Waals surface area contributed by atoms with E-state index in [4.69, 9.17) is 0 Å². The minimum absolute atomic E-state index is 0.316. The Kier molecular flexibility index (Phi) is 2.71. The molecule has 0 aliphatic carbocycles. The van der Waals surface area contributed by atoms with Crippen LogP contribution in [0.2, 0.25) is 0 Å². The number of nitrogens with zero attached hydrogens (tertiary/aromatic N) is 1. The quantitative estimate of drug-likeness (QED) is 0.694. The SMILES string of the molecule is Cc1cc(CC(C)(C)C)c2ccccc2n1. The van der Waals surface area contributed by atoms with Crippen LogP contribution >= 0.6 is 0 Å². The summed E-state index contributed by atoms with van der Waals surface area (Å²) in [7, 11) is 0. The summed E-state index contributed by atoms with van der Waals surface area (Å²) >= 11 is 0. The van der Waals surface area contributed by atoms with Gasteiger partial charge < -0.3 is 0 Å². The van der Waals surface area contributed by atoms with Crippen LogP contribution in [0.5, 0.6) is 0 Å². The van der Waals surface area contributed by atoms with E-state index in [1.54, 1.807) is 0 Å². The summed E-state index contributed by atoms with van der Waals surface area (Å²) in [5.74, 6) is 0. The first kappa shape index (κ1) is 11.1. The summed E-state index contributed by atoms with van der Waals surface area (Å²) in [6.07, 6.45) is 1.09. The molecule has 1 nitrogen and oxygen atoms in total. The van der Waals surface area contributed by atoms with E-state index in [9.17, 15) is 0 Å². The molecular weight excluding hydrogens is 194 g/mol. The first-order valence-electron chi connectivity index (χ1n) is 5.81. The molecular formula is C15H19N. The first-order valence-corrected chi connectivity index (χ1v) is 5.81. The van der Waals surface area contributed by atoms with Gasteiger partial charge in [-0.2, -0.15) is 0 Å². The summed E-state index contributed by atoms with van der Waals surface area (Å²) in [6.45, 7) is 8.89. The fraction of sp³-hybridized carbons (Fsp3) is 0.400. The monoisotopic (exact) mass is 213 g/mol. The summed E-state index contributed by atoms with van der Waals surface area (Å²) < 4.78 is 0. The van der Waals surface area contributed by atoms with Crippen molar-refractivity contribution in [2.45, 2.75) is 34.1 Å². The number of rotatable bonds is 1. The molecule has 0 unspecified atom stereocenters. The molecule has 2 aromatic rings. The first-order chi connectivity index (χ1) is 7.46. The molecule has 84 valence electrons. The maximum atomic E-state index is 4.57. The van der Waals surface area contributed by atoms with Crippen LogP contribution in [0.1, 0.15) is 32.0 Å². The van der Waals surface area contributed by atoms with E-state index in [-0.39, 0.29) is 0 Å². The van der Waals surface area contributed by atoms with Crippen molar-refractivity contribution in [3.63, 3.8) is 0 Å². The third-order valence-electron chi connectivity index (χ3n) is 2.65. The molecule has 16 heavy (non-hydrogen) atoms. The Morgan fingerprint density at radius 3 is 2.50 bits per heavy atom. The molecule has 0 N–H and O–H groups in total. The number of hydrogen-bond donors (Lipinski definition) is 0. The molecule has 1 heterocycles. The van der Waals surface area contributed by atoms with Crippen LogP contribution in [0.3, 0.4) is 0 Å².